The van der Waals surface area contributed by atoms with E-state index in [0.717, 1.165) is 48.1 Å². The molecular formula is C15H20N4OS. The van der Waals surface area contributed by atoms with Gasteiger partial charge in [-0.25, -0.2) is 9.67 Å². The van der Waals surface area contributed by atoms with Gasteiger partial charge in [-0.05, 0) is 39.2 Å². The molecule has 2 aromatic rings. The summed E-state index contributed by atoms with van der Waals surface area (Å²) in [7, 11) is 0. The molecule has 1 amide bonds. The summed E-state index contributed by atoms with van der Waals surface area (Å²) in [5.41, 5.74) is 2.89. The van der Waals surface area contributed by atoms with E-state index in [1.807, 2.05) is 34.9 Å². The fourth-order valence-corrected chi connectivity index (χ4v) is 3.54. The van der Waals surface area contributed by atoms with Crippen molar-refractivity contribution in [3.8, 4) is 5.13 Å². The van der Waals surface area contributed by atoms with Gasteiger partial charge in [0.1, 0.15) is 0 Å². The van der Waals surface area contributed by atoms with Crippen LogP contribution in [0.25, 0.3) is 5.13 Å². The minimum Gasteiger partial charge on any atom is -0.342 e. The summed E-state index contributed by atoms with van der Waals surface area (Å²) < 4.78 is 1.84. The average Bonchev–Trinajstić information content (AvgIpc) is 3.06. The Morgan fingerprint density at radius 3 is 2.71 bits per heavy atom. The molecule has 0 radical (unpaired) electrons. The van der Waals surface area contributed by atoms with Crippen LogP contribution in [0.2, 0.25) is 0 Å². The zero-order chi connectivity index (χ0) is 14.8. The lowest BCUT2D eigenvalue weighted by atomic mass is 10.1. The van der Waals surface area contributed by atoms with Crippen LogP contribution >= 0.6 is 11.3 Å². The number of carbonyl (C=O) groups is 1. The maximum atomic E-state index is 12.3. The highest BCUT2D eigenvalue weighted by molar-refractivity contribution is 7.12. The fraction of sp³-hybridized carbons (Fsp3) is 0.533. The molecule has 0 saturated carbocycles. The van der Waals surface area contributed by atoms with Gasteiger partial charge in [0.2, 0.25) is 11.0 Å². The molecule has 1 aliphatic heterocycles. The quantitative estimate of drug-likeness (QED) is 0.875. The molecule has 3 rings (SSSR count). The third kappa shape index (κ3) is 3.15. The Morgan fingerprint density at radius 1 is 1.29 bits per heavy atom. The monoisotopic (exact) mass is 304 g/mol. The van der Waals surface area contributed by atoms with Gasteiger partial charge < -0.3 is 4.90 Å². The molecule has 0 N–H and O–H groups in total. The van der Waals surface area contributed by atoms with Crippen molar-refractivity contribution >= 4 is 17.2 Å². The number of rotatable bonds is 3. The van der Waals surface area contributed by atoms with Crippen molar-refractivity contribution in [2.45, 2.75) is 39.5 Å². The molecule has 112 valence electrons. The predicted molar refractivity (Wildman–Crippen MR) is 82.8 cm³/mol. The number of hydrogen-bond acceptors (Lipinski definition) is 4. The highest BCUT2D eigenvalue weighted by atomic mass is 32.1. The molecule has 0 atom stereocenters. The van der Waals surface area contributed by atoms with Crippen LogP contribution in [0, 0.1) is 13.8 Å². The molecule has 0 unspecified atom stereocenters. The minimum atomic E-state index is 0.194. The fourth-order valence-electron chi connectivity index (χ4n) is 2.71. The van der Waals surface area contributed by atoms with Crippen LogP contribution in [0.1, 0.15) is 36.3 Å². The van der Waals surface area contributed by atoms with E-state index in [1.54, 1.807) is 0 Å². The molecule has 1 saturated heterocycles. The Balaban J connectivity index is 1.70. The molecule has 5 nitrogen and oxygen atoms in total. The Labute approximate surface area is 128 Å². The number of aromatic nitrogens is 3. The van der Waals surface area contributed by atoms with Gasteiger partial charge in [-0.15, -0.1) is 11.3 Å². The molecule has 0 aliphatic carbocycles. The van der Waals surface area contributed by atoms with Gasteiger partial charge in [-0.2, -0.15) is 5.10 Å². The lowest BCUT2D eigenvalue weighted by Crippen LogP contribution is -2.36. The first-order valence-corrected chi connectivity index (χ1v) is 8.27. The molecule has 3 heterocycles. The van der Waals surface area contributed by atoms with Crippen molar-refractivity contribution in [2.24, 2.45) is 0 Å². The van der Waals surface area contributed by atoms with Gasteiger partial charge in [-0.1, -0.05) is 0 Å². The van der Waals surface area contributed by atoms with E-state index in [2.05, 4.69) is 10.1 Å². The normalized spacial score (nSPS) is 15.4. The Kier molecular flexibility index (Phi) is 4.05. The first-order chi connectivity index (χ1) is 10.1. The van der Waals surface area contributed by atoms with Gasteiger partial charge in [-0.3, -0.25) is 4.79 Å². The second-order valence-electron chi connectivity index (χ2n) is 5.58. The SMILES string of the molecule is Cc1cc(C)n(-c2nc(CC(=O)N3CCCCC3)cs2)n1. The molecule has 0 spiro atoms. The van der Waals surface area contributed by atoms with Crippen molar-refractivity contribution in [2.75, 3.05) is 13.1 Å². The van der Waals surface area contributed by atoms with Gasteiger partial charge in [0.25, 0.3) is 0 Å². The number of likely N-dealkylation sites (tertiary alicyclic amines) is 1. The van der Waals surface area contributed by atoms with E-state index in [0.29, 0.717) is 6.42 Å². The number of thiazole rings is 1. The van der Waals surface area contributed by atoms with Crippen LogP contribution in [-0.4, -0.2) is 38.7 Å². The molecule has 0 aromatic carbocycles. The standard InChI is InChI=1S/C15H20N4OS/c1-11-8-12(2)19(17-11)15-16-13(10-21-15)9-14(20)18-6-4-3-5-7-18/h8,10H,3-7,9H2,1-2H3. The Hall–Kier alpha value is -1.69. The molecule has 2 aromatic heterocycles. The maximum Gasteiger partial charge on any atom is 0.228 e. The van der Waals surface area contributed by atoms with E-state index in [-0.39, 0.29) is 5.91 Å². The van der Waals surface area contributed by atoms with Crippen LogP contribution < -0.4 is 0 Å². The van der Waals surface area contributed by atoms with E-state index < -0.39 is 0 Å². The van der Waals surface area contributed by atoms with Crippen LogP contribution in [0.4, 0.5) is 0 Å². The minimum absolute atomic E-state index is 0.194. The first kappa shape index (κ1) is 14.3. The van der Waals surface area contributed by atoms with E-state index >= 15 is 0 Å². The molecular weight excluding hydrogens is 284 g/mol. The Bertz CT molecular complexity index is 640. The summed E-state index contributed by atoms with van der Waals surface area (Å²) >= 11 is 1.54. The zero-order valence-corrected chi connectivity index (χ0v) is 13.3. The van der Waals surface area contributed by atoms with Crippen molar-refractivity contribution in [1.29, 1.82) is 0 Å². The first-order valence-electron chi connectivity index (χ1n) is 7.39. The molecule has 6 heteroatoms. The van der Waals surface area contributed by atoms with Crippen LogP contribution in [0.15, 0.2) is 11.4 Å². The summed E-state index contributed by atoms with van der Waals surface area (Å²) in [4.78, 5) is 18.8. The third-order valence-electron chi connectivity index (χ3n) is 3.77. The number of aryl methyl sites for hydroxylation is 2. The maximum absolute atomic E-state index is 12.3. The summed E-state index contributed by atoms with van der Waals surface area (Å²) in [6.07, 6.45) is 3.89. The highest BCUT2D eigenvalue weighted by Crippen LogP contribution is 2.18. The Morgan fingerprint density at radius 2 is 2.05 bits per heavy atom. The van der Waals surface area contributed by atoms with Crippen molar-refractivity contribution in [1.82, 2.24) is 19.7 Å². The molecule has 1 aliphatic rings. The number of piperidine rings is 1. The van der Waals surface area contributed by atoms with Crippen molar-refractivity contribution in [3.63, 3.8) is 0 Å². The molecule has 0 bridgehead atoms. The second-order valence-corrected chi connectivity index (χ2v) is 6.42. The van der Waals surface area contributed by atoms with E-state index in [9.17, 15) is 4.79 Å². The van der Waals surface area contributed by atoms with Crippen LogP contribution in [0.3, 0.4) is 0 Å². The zero-order valence-electron chi connectivity index (χ0n) is 12.5. The van der Waals surface area contributed by atoms with Crippen molar-refractivity contribution < 1.29 is 4.79 Å². The lowest BCUT2D eigenvalue weighted by molar-refractivity contribution is -0.131. The topological polar surface area (TPSA) is 51.0 Å². The summed E-state index contributed by atoms with van der Waals surface area (Å²) in [5.74, 6) is 0.194. The van der Waals surface area contributed by atoms with E-state index in [4.69, 9.17) is 0 Å². The largest absolute Gasteiger partial charge is 0.342 e. The van der Waals surface area contributed by atoms with Gasteiger partial charge >= 0.3 is 0 Å². The predicted octanol–water partition coefficient (Wildman–Crippen LogP) is 2.50. The van der Waals surface area contributed by atoms with Gasteiger partial charge in [0.15, 0.2) is 0 Å². The smallest absolute Gasteiger partial charge is 0.228 e. The molecule has 21 heavy (non-hydrogen) atoms. The van der Waals surface area contributed by atoms with Crippen LogP contribution in [0.5, 0.6) is 0 Å². The number of nitrogens with zero attached hydrogens (tertiary/aromatic N) is 4. The lowest BCUT2D eigenvalue weighted by Gasteiger charge is -2.26. The average molecular weight is 304 g/mol. The van der Waals surface area contributed by atoms with Crippen LogP contribution in [-0.2, 0) is 11.2 Å². The number of hydrogen-bond donors (Lipinski definition) is 0. The third-order valence-corrected chi connectivity index (χ3v) is 4.64. The van der Waals surface area contributed by atoms with Gasteiger partial charge in [0, 0.05) is 24.2 Å². The number of carbonyl (C=O) groups excluding carboxylic acids is 1. The second kappa shape index (κ2) is 5.97. The summed E-state index contributed by atoms with van der Waals surface area (Å²) in [6.45, 7) is 5.78. The summed E-state index contributed by atoms with van der Waals surface area (Å²) in [6, 6.07) is 2.03. The molecule has 1 fully saturated rings. The van der Waals surface area contributed by atoms with Crippen molar-refractivity contribution in [3.05, 3.63) is 28.5 Å². The van der Waals surface area contributed by atoms with E-state index in [1.165, 1.54) is 17.8 Å². The summed E-state index contributed by atoms with van der Waals surface area (Å²) in [5, 5.41) is 7.23. The van der Waals surface area contributed by atoms with Gasteiger partial charge in [0.05, 0.1) is 17.8 Å². The number of amides is 1. The highest BCUT2D eigenvalue weighted by Gasteiger charge is 2.18.